The predicted molar refractivity (Wildman–Crippen MR) is 108 cm³/mol. The molecule has 5 nitrogen and oxygen atoms in total. The third kappa shape index (κ3) is 3.07. The van der Waals surface area contributed by atoms with Crippen molar-refractivity contribution in [2.24, 2.45) is 0 Å². The van der Waals surface area contributed by atoms with Crippen LogP contribution in [-0.4, -0.2) is 51.4 Å². The summed E-state index contributed by atoms with van der Waals surface area (Å²) >= 11 is 1.87. The topological polar surface area (TPSA) is 49.3 Å². The van der Waals surface area contributed by atoms with Crippen LogP contribution in [0.25, 0.3) is 10.2 Å². The third-order valence-electron chi connectivity index (χ3n) is 6.80. The van der Waals surface area contributed by atoms with E-state index >= 15 is 0 Å². The fraction of sp³-hybridized carbons (Fsp3) is 0.667. The largest absolute Gasteiger partial charge is 0.340 e. The molecule has 2 unspecified atom stereocenters. The van der Waals surface area contributed by atoms with E-state index in [0.29, 0.717) is 12.0 Å². The number of hydrogen-bond donors (Lipinski definition) is 0. The Labute approximate surface area is 164 Å². The molecule has 5 heterocycles. The Bertz CT molecular complexity index is 872. The molecule has 0 N–H and O–H groups in total. The summed E-state index contributed by atoms with van der Waals surface area (Å²) in [5.41, 5.74) is 1.11. The molecule has 0 radical (unpaired) electrons. The number of carbonyl (C=O) groups excluding carboxylic acids is 1. The molecule has 6 rings (SSSR count). The third-order valence-corrected chi connectivity index (χ3v) is 7.99. The minimum Gasteiger partial charge on any atom is -0.340 e. The average molecular weight is 385 g/mol. The molecule has 2 aromatic rings. The highest BCUT2D eigenvalue weighted by molar-refractivity contribution is 7.18. The van der Waals surface area contributed by atoms with Crippen molar-refractivity contribution in [1.82, 2.24) is 19.8 Å². The molecule has 2 bridgehead atoms. The zero-order chi connectivity index (χ0) is 18.5. The van der Waals surface area contributed by atoms with Crippen molar-refractivity contribution >= 4 is 27.5 Å². The molecule has 1 amide bonds. The van der Waals surface area contributed by atoms with Gasteiger partial charge in [-0.05, 0) is 44.6 Å². The van der Waals surface area contributed by atoms with Crippen LogP contribution in [0.3, 0.4) is 0 Å². The second-order valence-electron chi connectivity index (χ2n) is 8.55. The van der Waals surface area contributed by atoms with E-state index < -0.39 is 0 Å². The van der Waals surface area contributed by atoms with Crippen molar-refractivity contribution in [1.29, 1.82) is 0 Å². The maximum atomic E-state index is 12.6. The number of hydrogen-bond acceptors (Lipinski definition) is 5. The van der Waals surface area contributed by atoms with Crippen LogP contribution in [0.5, 0.6) is 0 Å². The fourth-order valence-corrected chi connectivity index (χ4v) is 6.49. The minimum absolute atomic E-state index is 0.0294. The fourth-order valence-electron chi connectivity index (χ4n) is 5.23. The SMILES string of the molecule is Cc1nc(CN2CC3CCC2C(=O)N3C)c2cc(C3CCCCC3)sc2n1. The first-order valence-electron chi connectivity index (χ1n) is 10.4. The first kappa shape index (κ1) is 17.6. The summed E-state index contributed by atoms with van der Waals surface area (Å²) in [6.07, 6.45) is 8.82. The highest BCUT2D eigenvalue weighted by atomic mass is 32.1. The van der Waals surface area contributed by atoms with E-state index in [-0.39, 0.29) is 11.9 Å². The van der Waals surface area contributed by atoms with Gasteiger partial charge in [-0.15, -0.1) is 11.3 Å². The van der Waals surface area contributed by atoms with Crippen molar-refractivity contribution in [3.05, 3.63) is 22.5 Å². The maximum absolute atomic E-state index is 12.6. The molecule has 0 aromatic carbocycles. The normalized spacial score (nSPS) is 27.0. The van der Waals surface area contributed by atoms with Gasteiger partial charge in [-0.2, -0.15) is 0 Å². The van der Waals surface area contributed by atoms with Crippen LogP contribution in [0, 0.1) is 6.92 Å². The van der Waals surface area contributed by atoms with Crippen LogP contribution in [0.15, 0.2) is 6.07 Å². The van der Waals surface area contributed by atoms with Crippen LogP contribution >= 0.6 is 11.3 Å². The summed E-state index contributed by atoms with van der Waals surface area (Å²) in [7, 11) is 1.96. The summed E-state index contributed by atoms with van der Waals surface area (Å²) in [4.78, 5) is 29.1. The van der Waals surface area contributed by atoms with Crippen molar-refractivity contribution < 1.29 is 4.79 Å². The minimum atomic E-state index is 0.0294. The molecule has 3 saturated heterocycles. The lowest BCUT2D eigenvalue weighted by Gasteiger charge is -2.49. The summed E-state index contributed by atoms with van der Waals surface area (Å²) < 4.78 is 0. The monoisotopic (exact) mass is 384 g/mol. The standard InChI is InChI=1S/C21H28N4OS/c1-13-22-17(12-25-11-15-8-9-18(25)21(26)24(15)2)16-10-19(27-20(16)23-13)14-6-4-3-5-7-14/h10,14-15,18H,3-9,11-12H2,1-2H3. The first-order chi connectivity index (χ1) is 13.1. The van der Waals surface area contributed by atoms with Crippen LogP contribution in [0.4, 0.5) is 0 Å². The number of fused-ring (bicyclic) bond motifs is 4. The molecular formula is C21H28N4OS. The van der Waals surface area contributed by atoms with E-state index in [2.05, 4.69) is 11.0 Å². The summed E-state index contributed by atoms with van der Waals surface area (Å²) in [6, 6.07) is 2.75. The van der Waals surface area contributed by atoms with Gasteiger partial charge in [-0.25, -0.2) is 9.97 Å². The van der Waals surface area contributed by atoms with Crippen molar-refractivity contribution in [2.45, 2.75) is 76.4 Å². The Morgan fingerprint density at radius 2 is 1.96 bits per heavy atom. The Balaban J connectivity index is 1.46. The molecule has 4 fully saturated rings. The molecule has 144 valence electrons. The molecule has 1 aliphatic carbocycles. The molecule has 2 aromatic heterocycles. The van der Waals surface area contributed by atoms with E-state index in [1.165, 1.54) is 42.4 Å². The van der Waals surface area contributed by atoms with Gasteiger partial charge in [0.15, 0.2) is 0 Å². The van der Waals surface area contributed by atoms with E-state index in [9.17, 15) is 4.79 Å². The molecule has 27 heavy (non-hydrogen) atoms. The van der Waals surface area contributed by atoms with Crippen molar-refractivity contribution in [3.8, 4) is 0 Å². The highest BCUT2D eigenvalue weighted by Crippen LogP contribution is 2.39. The summed E-state index contributed by atoms with van der Waals surface area (Å²) in [5, 5.41) is 1.22. The van der Waals surface area contributed by atoms with Crippen LogP contribution in [0.2, 0.25) is 0 Å². The van der Waals surface area contributed by atoms with Crippen molar-refractivity contribution in [2.75, 3.05) is 13.6 Å². The van der Waals surface area contributed by atoms with Gasteiger partial charge >= 0.3 is 0 Å². The number of nitrogens with zero attached hydrogens (tertiary/aromatic N) is 4. The molecule has 3 aliphatic heterocycles. The number of aromatic nitrogens is 2. The number of carbonyl (C=O) groups is 1. The molecular weight excluding hydrogens is 356 g/mol. The predicted octanol–water partition coefficient (Wildman–Crippen LogP) is 3.85. The van der Waals surface area contributed by atoms with E-state index in [1.807, 2.05) is 30.2 Å². The number of piperazine rings is 1. The lowest BCUT2D eigenvalue weighted by Crippen LogP contribution is -2.64. The van der Waals surface area contributed by atoms with Crippen LogP contribution in [-0.2, 0) is 11.3 Å². The van der Waals surface area contributed by atoms with Gasteiger partial charge in [-0.1, -0.05) is 19.3 Å². The Morgan fingerprint density at radius 3 is 2.74 bits per heavy atom. The molecule has 2 atom stereocenters. The lowest BCUT2D eigenvalue weighted by atomic mass is 9.88. The maximum Gasteiger partial charge on any atom is 0.239 e. The number of aryl methyl sites for hydroxylation is 1. The number of likely N-dealkylation sites (N-methyl/N-ethyl adjacent to an activating group) is 1. The smallest absolute Gasteiger partial charge is 0.239 e. The van der Waals surface area contributed by atoms with E-state index in [4.69, 9.17) is 9.97 Å². The molecule has 1 saturated carbocycles. The second kappa shape index (κ2) is 6.82. The Kier molecular flexibility index (Phi) is 4.43. The lowest BCUT2D eigenvalue weighted by molar-refractivity contribution is -0.150. The van der Waals surface area contributed by atoms with E-state index in [0.717, 1.165) is 42.3 Å². The van der Waals surface area contributed by atoms with Crippen LogP contribution in [0.1, 0.15) is 67.3 Å². The number of amides is 1. The van der Waals surface area contributed by atoms with Crippen LogP contribution < -0.4 is 0 Å². The van der Waals surface area contributed by atoms with Gasteiger partial charge in [0.25, 0.3) is 0 Å². The summed E-state index contributed by atoms with van der Waals surface area (Å²) in [6.45, 7) is 3.72. The zero-order valence-corrected chi connectivity index (χ0v) is 17.1. The zero-order valence-electron chi connectivity index (χ0n) is 16.3. The second-order valence-corrected chi connectivity index (χ2v) is 9.61. The number of piperidine rings is 2. The van der Waals surface area contributed by atoms with Gasteiger partial charge in [0.2, 0.25) is 5.91 Å². The highest BCUT2D eigenvalue weighted by Gasteiger charge is 2.43. The molecule has 0 spiro atoms. The Morgan fingerprint density at radius 1 is 1.15 bits per heavy atom. The molecule has 6 heteroatoms. The number of rotatable bonds is 3. The number of thiophene rings is 1. The van der Waals surface area contributed by atoms with E-state index in [1.54, 1.807) is 0 Å². The Hall–Kier alpha value is -1.53. The van der Waals surface area contributed by atoms with Gasteiger partial charge < -0.3 is 4.90 Å². The molecule has 4 aliphatic rings. The van der Waals surface area contributed by atoms with Gasteiger partial charge in [0.1, 0.15) is 10.7 Å². The van der Waals surface area contributed by atoms with Gasteiger partial charge in [0.05, 0.1) is 11.7 Å². The van der Waals surface area contributed by atoms with Gasteiger partial charge in [-0.3, -0.25) is 9.69 Å². The average Bonchev–Trinajstić information content (AvgIpc) is 3.10. The van der Waals surface area contributed by atoms with Crippen molar-refractivity contribution in [3.63, 3.8) is 0 Å². The quantitative estimate of drug-likeness (QED) is 0.806. The van der Waals surface area contributed by atoms with Gasteiger partial charge in [0, 0.05) is 36.4 Å². The first-order valence-corrected chi connectivity index (χ1v) is 11.2. The summed E-state index contributed by atoms with van der Waals surface area (Å²) in [5.74, 6) is 1.83.